The molecule has 15 heterocycles. The lowest BCUT2D eigenvalue weighted by Gasteiger charge is -2.36. The summed E-state index contributed by atoms with van der Waals surface area (Å²) in [5, 5.41) is 29.5. The first kappa shape index (κ1) is 70.8. The van der Waals surface area contributed by atoms with Crippen molar-refractivity contribution in [1.82, 2.24) is 103 Å². The molecule has 3 fully saturated rings. The summed E-state index contributed by atoms with van der Waals surface area (Å²) in [6.07, 6.45) is 10.1. The van der Waals surface area contributed by atoms with Gasteiger partial charge in [0.15, 0.2) is 51.2 Å². The number of ether oxygens (including phenoxy) is 5. The highest BCUT2D eigenvalue weighted by molar-refractivity contribution is 5.92. The lowest BCUT2D eigenvalue weighted by atomic mass is 10.2. The Bertz CT molecular complexity index is 5440. The van der Waals surface area contributed by atoms with E-state index in [0.29, 0.717) is 121 Å². The fourth-order valence-corrected chi connectivity index (χ4v) is 13.7. The van der Waals surface area contributed by atoms with Crippen LogP contribution >= 0.6 is 0 Å². The Morgan fingerprint density at radius 1 is 0.367 bits per heavy atom. The summed E-state index contributed by atoms with van der Waals surface area (Å²) in [5.41, 5.74) is 26.2. The average molecular weight is 1480 g/mol. The molecule has 0 unspecified atom stereocenters. The maximum atomic E-state index is 6.22. The van der Waals surface area contributed by atoms with Crippen molar-refractivity contribution >= 4 is 84.9 Å². The van der Waals surface area contributed by atoms with E-state index in [1.165, 1.54) is 30.6 Å². The largest absolute Gasteiger partial charge is 0.497 e. The lowest BCUT2D eigenvalue weighted by molar-refractivity contribution is 0.110. The van der Waals surface area contributed by atoms with E-state index in [2.05, 4.69) is 126 Å². The summed E-state index contributed by atoms with van der Waals surface area (Å²) < 4.78 is 53.6. The Hall–Kier alpha value is -12.4. The minimum Gasteiger partial charge on any atom is -0.497 e. The lowest BCUT2D eigenvalue weighted by Crippen LogP contribution is -2.47. The van der Waals surface area contributed by atoms with Gasteiger partial charge < -0.3 is 68.8 Å². The maximum Gasteiger partial charge on any atom is 0.225 e. The third-order valence-electron chi connectivity index (χ3n) is 19.6. The van der Waals surface area contributed by atoms with Gasteiger partial charge in [0.2, 0.25) is 35.3 Å². The number of methoxy groups -OCH3 is 2. The predicted molar refractivity (Wildman–Crippen MR) is 410 cm³/mol. The van der Waals surface area contributed by atoms with Crippen LogP contribution in [-0.2, 0) is 29.1 Å². The Kier molecular flexibility index (Phi) is 21.0. The molecule has 0 bridgehead atoms. The molecule has 12 aromatic heterocycles. The van der Waals surface area contributed by atoms with E-state index in [4.69, 9.17) is 54.1 Å². The molecule has 35 heteroatoms. The van der Waals surface area contributed by atoms with Gasteiger partial charge in [-0.05, 0) is 116 Å². The first-order chi connectivity index (χ1) is 53.6. The van der Waals surface area contributed by atoms with E-state index in [1.807, 2.05) is 75.6 Å². The van der Waals surface area contributed by atoms with Crippen LogP contribution in [0.2, 0.25) is 0 Å². The fourth-order valence-electron chi connectivity index (χ4n) is 13.7. The van der Waals surface area contributed by atoms with Gasteiger partial charge in [0, 0.05) is 129 Å². The topological polar surface area (TPSA) is 366 Å². The maximum absolute atomic E-state index is 6.22. The smallest absolute Gasteiger partial charge is 0.225 e. The normalized spacial score (nSPS) is 14.7. The highest BCUT2D eigenvalue weighted by atomic mass is 16.5. The summed E-state index contributed by atoms with van der Waals surface area (Å²) >= 11 is 0. The number of nitrogens with zero attached hydrogens (tertiary/aromatic N) is 24. The molecule has 3 aromatic carbocycles. The van der Waals surface area contributed by atoms with E-state index in [9.17, 15) is 0 Å². The number of anilines is 6. The molecule has 0 saturated carbocycles. The SMILES string of the molecule is CCOCCOc1ccc(N2CCN(CCn3ncc4c3nc(N)n3nc(-c5ccco5)nc43)CC2)cc1.COCCOc1ccc(N2CCN(CCn3ncc4c3nc(N)n3nc(-c5ccco5)nc43)CC2)cc1.COc1ccc(N2CCN(CCn3ncc4c3nc(N)n3nc(-c5ccco5)nc43)CC2)cc1. The van der Waals surface area contributed by atoms with E-state index in [0.717, 1.165) is 132 Å². The molecule has 3 aliphatic heterocycles. The summed E-state index contributed by atoms with van der Waals surface area (Å²) in [5.74, 6) is 6.53. The summed E-state index contributed by atoms with van der Waals surface area (Å²) in [7, 11) is 3.36. The average Bonchev–Trinajstić information content (AvgIpc) is 1.62. The molecule has 0 radical (unpaired) electrons. The van der Waals surface area contributed by atoms with Crippen molar-refractivity contribution < 1.29 is 36.9 Å². The molecule has 564 valence electrons. The zero-order valence-electron chi connectivity index (χ0n) is 60.9. The highest BCUT2D eigenvalue weighted by Gasteiger charge is 2.26. The number of piperazine rings is 3. The van der Waals surface area contributed by atoms with Crippen molar-refractivity contribution in [2.75, 3.05) is 177 Å². The third kappa shape index (κ3) is 15.6. The molecule has 0 amide bonds. The van der Waals surface area contributed by atoms with Crippen LogP contribution in [0.15, 0.2) is 160 Å². The first-order valence-corrected chi connectivity index (χ1v) is 36.4. The van der Waals surface area contributed by atoms with E-state index < -0.39 is 0 Å². The van der Waals surface area contributed by atoms with Gasteiger partial charge in [-0.15, -0.1) is 15.3 Å². The van der Waals surface area contributed by atoms with Crippen LogP contribution in [-0.4, -0.2) is 248 Å². The second-order valence-electron chi connectivity index (χ2n) is 26.2. The molecule has 109 heavy (non-hydrogen) atoms. The van der Waals surface area contributed by atoms with Gasteiger partial charge in [-0.2, -0.15) is 43.8 Å². The Balaban J connectivity index is 0.000000125. The molecule has 0 spiro atoms. The summed E-state index contributed by atoms with van der Waals surface area (Å²) in [6, 6.07) is 35.6. The number of nitrogens with two attached hydrogens (primary N) is 3. The van der Waals surface area contributed by atoms with E-state index >= 15 is 0 Å². The van der Waals surface area contributed by atoms with Crippen LogP contribution in [0, 0.1) is 0 Å². The van der Waals surface area contributed by atoms with Crippen LogP contribution in [0.25, 0.3) is 84.8 Å². The van der Waals surface area contributed by atoms with Crippen LogP contribution in [0.1, 0.15) is 6.92 Å². The predicted octanol–water partition coefficient (Wildman–Crippen LogP) is 6.86. The van der Waals surface area contributed by atoms with Crippen molar-refractivity contribution in [3.8, 4) is 52.0 Å². The standard InChI is InChI=1S/C26H31N9O3.C25H29N9O3.C23H25N9O2/c1-2-36-16-17-37-20-7-5-19(6-8-20)33-12-9-32(10-13-33)11-14-34-24-21(18-28-34)25-29-23(22-4-3-15-38-22)31-35(25)26(27)30-24;1-35-15-16-36-19-6-4-18(5-7-19)32-11-8-31(9-12-32)10-13-33-23-20(17-27-33)24-28-22(21-3-2-14-37-21)30-34(24)25(26)29-23;1-33-17-6-4-16(5-7-17)30-11-8-29(9-12-30)10-13-31-21-18(15-25-31)22-26-20(19-3-2-14-34-19)28-32(22)23(24)27-21/h3-8,15,18H,2,9-14,16-17H2,1H3,(H2,27,30);2-7,14,17H,8-13,15-16H2,1H3,(H2,26,29);2-7,14-15H,8-13H2,1H3,(H2,24,27). The van der Waals surface area contributed by atoms with Gasteiger partial charge in [0.1, 0.15) is 30.5 Å². The van der Waals surface area contributed by atoms with E-state index in [1.54, 1.807) is 69.8 Å². The van der Waals surface area contributed by atoms with E-state index in [-0.39, 0.29) is 17.8 Å². The highest BCUT2D eigenvalue weighted by Crippen LogP contribution is 2.30. The van der Waals surface area contributed by atoms with Crippen molar-refractivity contribution in [2.24, 2.45) is 0 Å². The summed E-state index contributed by atoms with van der Waals surface area (Å²) in [6.45, 7) is 21.4. The number of furan rings is 3. The number of aromatic nitrogens is 18. The van der Waals surface area contributed by atoms with Gasteiger partial charge >= 0.3 is 0 Å². The van der Waals surface area contributed by atoms with Crippen LogP contribution in [0.5, 0.6) is 17.2 Å². The number of benzene rings is 3. The Labute approximate surface area is 624 Å². The van der Waals surface area contributed by atoms with Gasteiger partial charge in [-0.1, -0.05) is 0 Å². The number of rotatable bonds is 25. The van der Waals surface area contributed by atoms with Gasteiger partial charge in [0.25, 0.3) is 0 Å². The molecule has 35 nitrogen and oxygen atoms in total. The molecule has 3 saturated heterocycles. The zero-order chi connectivity index (χ0) is 74.2. The Morgan fingerprint density at radius 3 is 1.00 bits per heavy atom. The second kappa shape index (κ2) is 32.3. The van der Waals surface area contributed by atoms with Crippen LogP contribution in [0.3, 0.4) is 0 Å². The first-order valence-electron chi connectivity index (χ1n) is 36.4. The zero-order valence-corrected chi connectivity index (χ0v) is 60.9. The molecule has 15 aromatic rings. The van der Waals surface area contributed by atoms with Crippen molar-refractivity contribution in [1.29, 1.82) is 0 Å². The molecule has 18 rings (SSSR count). The molecule has 0 aliphatic carbocycles. The molecule has 3 aliphatic rings. The molecular formula is C74H85N27O8. The number of fused-ring (bicyclic) bond motifs is 9. The molecular weight excluding hydrogens is 1390 g/mol. The van der Waals surface area contributed by atoms with Crippen molar-refractivity contribution in [3.63, 3.8) is 0 Å². The molecule has 6 N–H and O–H groups in total. The second-order valence-corrected chi connectivity index (χ2v) is 26.2. The minimum absolute atomic E-state index is 0.262. The van der Waals surface area contributed by atoms with Gasteiger partial charge in [-0.3, -0.25) is 14.7 Å². The summed E-state index contributed by atoms with van der Waals surface area (Å²) in [4.78, 5) is 42.1. The van der Waals surface area contributed by atoms with Crippen molar-refractivity contribution in [2.45, 2.75) is 26.6 Å². The van der Waals surface area contributed by atoms with Gasteiger partial charge in [-0.25, -0.2) is 29.0 Å². The van der Waals surface area contributed by atoms with Gasteiger partial charge in [0.05, 0.1) is 93.5 Å². The van der Waals surface area contributed by atoms with Crippen molar-refractivity contribution in [3.05, 3.63) is 147 Å². The number of nitrogen functional groups attached to an aromatic ring is 3. The molecule has 0 atom stereocenters. The van der Waals surface area contributed by atoms with Crippen LogP contribution < -0.4 is 46.1 Å². The minimum atomic E-state index is 0.262. The van der Waals surface area contributed by atoms with Crippen LogP contribution in [0.4, 0.5) is 34.9 Å². The number of hydrogen-bond acceptors (Lipinski definition) is 29. The third-order valence-corrected chi connectivity index (χ3v) is 19.6. The fraction of sp³-hybridized carbons (Fsp3) is 0.351. The number of hydrogen-bond donors (Lipinski definition) is 3. The quantitative estimate of drug-likeness (QED) is 0.0491. The monoisotopic (exact) mass is 1480 g/mol. The Morgan fingerprint density at radius 2 is 0.697 bits per heavy atom.